The van der Waals surface area contributed by atoms with Gasteiger partial charge in [-0.1, -0.05) is 30.3 Å². The van der Waals surface area contributed by atoms with Crippen LogP contribution in [-0.2, 0) is 6.54 Å². The molecule has 112 valence electrons. The molecule has 1 aromatic carbocycles. The predicted molar refractivity (Wildman–Crippen MR) is 85.2 cm³/mol. The molecule has 0 amide bonds. The van der Waals surface area contributed by atoms with Gasteiger partial charge >= 0.3 is 0 Å². The maximum Gasteiger partial charge on any atom is 0.212 e. The lowest BCUT2D eigenvalue weighted by molar-refractivity contribution is 0.240. The van der Waals surface area contributed by atoms with Crippen LogP contribution in [0, 0.1) is 6.92 Å². The van der Waals surface area contributed by atoms with Gasteiger partial charge in [0.15, 0.2) is 0 Å². The van der Waals surface area contributed by atoms with Gasteiger partial charge in [-0.2, -0.15) is 0 Å². The zero-order valence-corrected chi connectivity index (χ0v) is 12.9. The van der Waals surface area contributed by atoms with Crippen molar-refractivity contribution in [2.75, 3.05) is 20.7 Å². The van der Waals surface area contributed by atoms with Crippen molar-refractivity contribution in [3.63, 3.8) is 0 Å². The quantitative estimate of drug-likeness (QED) is 0.886. The van der Waals surface area contributed by atoms with Gasteiger partial charge in [-0.05, 0) is 30.7 Å². The van der Waals surface area contributed by atoms with Crippen LogP contribution in [0.15, 0.2) is 42.6 Å². The van der Waals surface area contributed by atoms with Crippen molar-refractivity contribution in [3.05, 3.63) is 59.3 Å². The maximum absolute atomic E-state index is 5.97. The van der Waals surface area contributed by atoms with Crippen molar-refractivity contribution < 1.29 is 4.74 Å². The molecule has 2 aromatic rings. The minimum Gasteiger partial charge on any atom is -0.481 e. The Kier molecular flexibility index (Phi) is 5.31. The molecule has 0 radical (unpaired) electrons. The number of ether oxygens (including phenoxy) is 1. The van der Waals surface area contributed by atoms with Gasteiger partial charge in [-0.3, -0.25) is 4.90 Å². The molecule has 0 saturated heterocycles. The Morgan fingerprint density at radius 3 is 2.57 bits per heavy atom. The Morgan fingerprint density at radius 1 is 1.24 bits per heavy atom. The summed E-state index contributed by atoms with van der Waals surface area (Å²) in [5.74, 6) is 0.621. The van der Waals surface area contributed by atoms with Crippen LogP contribution in [0.4, 0.5) is 0 Å². The number of nitrogens with two attached hydrogens (primary N) is 1. The smallest absolute Gasteiger partial charge is 0.212 e. The number of methoxy groups -OCH3 is 1. The van der Waals surface area contributed by atoms with E-state index in [2.05, 4.69) is 48.1 Å². The zero-order chi connectivity index (χ0) is 15.2. The van der Waals surface area contributed by atoms with E-state index in [0.29, 0.717) is 12.4 Å². The standard InChI is InChI=1S/C17H23N3O/c1-13-6-4-5-7-15(13)12-20(2)16(10-18)14-8-9-17(21-3)19-11-14/h4-9,11,16H,10,12,18H2,1-3H3. The Hall–Kier alpha value is -1.91. The molecule has 0 bridgehead atoms. The molecule has 0 spiro atoms. The fourth-order valence-electron chi connectivity index (χ4n) is 2.45. The lowest BCUT2D eigenvalue weighted by atomic mass is 10.0. The van der Waals surface area contributed by atoms with E-state index in [1.54, 1.807) is 7.11 Å². The normalized spacial score (nSPS) is 12.4. The summed E-state index contributed by atoms with van der Waals surface area (Å²) in [7, 11) is 3.71. The lowest BCUT2D eigenvalue weighted by Gasteiger charge is -2.27. The number of pyridine rings is 1. The summed E-state index contributed by atoms with van der Waals surface area (Å²) in [6, 6.07) is 12.5. The summed E-state index contributed by atoms with van der Waals surface area (Å²) in [6.07, 6.45) is 1.84. The van der Waals surface area contributed by atoms with Crippen LogP contribution < -0.4 is 10.5 Å². The third-order valence-corrected chi connectivity index (χ3v) is 3.79. The van der Waals surface area contributed by atoms with Gasteiger partial charge in [0.05, 0.1) is 7.11 Å². The van der Waals surface area contributed by atoms with Gasteiger partial charge in [0.25, 0.3) is 0 Å². The number of nitrogens with zero attached hydrogens (tertiary/aromatic N) is 2. The highest BCUT2D eigenvalue weighted by atomic mass is 16.5. The second kappa shape index (κ2) is 7.20. The molecule has 1 heterocycles. The summed E-state index contributed by atoms with van der Waals surface area (Å²) < 4.78 is 5.10. The first-order valence-corrected chi connectivity index (χ1v) is 7.10. The fourth-order valence-corrected chi connectivity index (χ4v) is 2.45. The SMILES string of the molecule is COc1ccc(C(CN)N(C)Cc2ccccc2C)cn1. The average Bonchev–Trinajstić information content (AvgIpc) is 2.51. The zero-order valence-electron chi connectivity index (χ0n) is 12.9. The van der Waals surface area contributed by atoms with Crippen LogP contribution in [0.25, 0.3) is 0 Å². The third kappa shape index (κ3) is 3.80. The summed E-state index contributed by atoms with van der Waals surface area (Å²) in [5.41, 5.74) is 9.69. The molecule has 1 unspecified atom stereocenters. The molecule has 0 saturated carbocycles. The van der Waals surface area contributed by atoms with Crippen molar-refractivity contribution in [1.82, 2.24) is 9.88 Å². The number of aromatic nitrogens is 1. The van der Waals surface area contributed by atoms with E-state index in [-0.39, 0.29) is 6.04 Å². The van der Waals surface area contributed by atoms with Crippen LogP contribution in [-0.4, -0.2) is 30.6 Å². The van der Waals surface area contributed by atoms with E-state index in [4.69, 9.17) is 10.5 Å². The van der Waals surface area contributed by atoms with Crippen molar-refractivity contribution >= 4 is 0 Å². The van der Waals surface area contributed by atoms with Crippen LogP contribution >= 0.6 is 0 Å². The molecule has 2 rings (SSSR count). The fraction of sp³-hybridized carbons (Fsp3) is 0.353. The largest absolute Gasteiger partial charge is 0.481 e. The van der Waals surface area contributed by atoms with E-state index in [9.17, 15) is 0 Å². The first kappa shape index (κ1) is 15.5. The molecule has 1 aromatic heterocycles. The monoisotopic (exact) mass is 285 g/mol. The first-order chi connectivity index (χ1) is 10.2. The van der Waals surface area contributed by atoms with Crippen LogP contribution in [0.1, 0.15) is 22.7 Å². The first-order valence-electron chi connectivity index (χ1n) is 7.10. The lowest BCUT2D eigenvalue weighted by Crippen LogP contribution is -2.30. The van der Waals surface area contributed by atoms with Gasteiger partial charge in [-0.15, -0.1) is 0 Å². The third-order valence-electron chi connectivity index (χ3n) is 3.79. The van der Waals surface area contributed by atoms with Gasteiger partial charge in [0.2, 0.25) is 5.88 Å². The molecule has 0 aliphatic carbocycles. The molecule has 0 fully saturated rings. The molecule has 1 atom stereocenters. The minimum absolute atomic E-state index is 0.142. The highest BCUT2D eigenvalue weighted by molar-refractivity contribution is 5.26. The topological polar surface area (TPSA) is 51.4 Å². The van der Waals surface area contributed by atoms with Gasteiger partial charge in [-0.25, -0.2) is 4.98 Å². The molecule has 0 aliphatic heterocycles. The Labute approximate surface area is 126 Å². The second-order valence-electron chi connectivity index (χ2n) is 5.23. The Balaban J connectivity index is 2.14. The number of rotatable bonds is 6. The molecular formula is C17H23N3O. The van der Waals surface area contributed by atoms with Gasteiger partial charge in [0.1, 0.15) is 0 Å². The van der Waals surface area contributed by atoms with Crippen molar-refractivity contribution in [1.29, 1.82) is 0 Å². The Morgan fingerprint density at radius 2 is 2.00 bits per heavy atom. The molecule has 0 aliphatic rings. The van der Waals surface area contributed by atoms with Crippen LogP contribution in [0.5, 0.6) is 5.88 Å². The molecule has 21 heavy (non-hydrogen) atoms. The molecule has 4 nitrogen and oxygen atoms in total. The second-order valence-corrected chi connectivity index (χ2v) is 5.23. The number of hydrogen-bond donors (Lipinski definition) is 1. The number of benzene rings is 1. The maximum atomic E-state index is 5.97. The number of aryl methyl sites for hydroxylation is 1. The van der Waals surface area contributed by atoms with E-state index in [1.165, 1.54) is 11.1 Å². The highest BCUT2D eigenvalue weighted by Crippen LogP contribution is 2.22. The molecule has 2 N–H and O–H groups in total. The van der Waals surface area contributed by atoms with Gasteiger partial charge < -0.3 is 10.5 Å². The van der Waals surface area contributed by atoms with E-state index < -0.39 is 0 Å². The number of hydrogen-bond acceptors (Lipinski definition) is 4. The summed E-state index contributed by atoms with van der Waals surface area (Å²) in [5, 5.41) is 0. The minimum atomic E-state index is 0.142. The van der Waals surface area contributed by atoms with Crippen molar-refractivity contribution in [2.45, 2.75) is 19.5 Å². The predicted octanol–water partition coefficient (Wildman–Crippen LogP) is 2.53. The van der Waals surface area contributed by atoms with Gasteiger partial charge in [0, 0.05) is 31.4 Å². The highest BCUT2D eigenvalue weighted by Gasteiger charge is 2.16. The average molecular weight is 285 g/mol. The van der Waals surface area contributed by atoms with E-state index >= 15 is 0 Å². The van der Waals surface area contributed by atoms with E-state index in [1.807, 2.05) is 18.3 Å². The molecule has 4 heteroatoms. The summed E-state index contributed by atoms with van der Waals surface area (Å²) in [4.78, 5) is 6.52. The van der Waals surface area contributed by atoms with Crippen molar-refractivity contribution in [3.8, 4) is 5.88 Å². The van der Waals surface area contributed by atoms with E-state index in [0.717, 1.165) is 12.1 Å². The van der Waals surface area contributed by atoms with Crippen LogP contribution in [0.2, 0.25) is 0 Å². The number of likely N-dealkylation sites (N-methyl/N-ethyl adjacent to an activating group) is 1. The molecular weight excluding hydrogens is 262 g/mol. The Bertz CT molecular complexity index is 569. The van der Waals surface area contributed by atoms with Crippen LogP contribution in [0.3, 0.4) is 0 Å². The van der Waals surface area contributed by atoms with Crippen molar-refractivity contribution in [2.24, 2.45) is 5.73 Å². The summed E-state index contributed by atoms with van der Waals surface area (Å²) >= 11 is 0. The summed E-state index contributed by atoms with van der Waals surface area (Å²) in [6.45, 7) is 3.55.